The maximum atomic E-state index is 8.98. The lowest BCUT2D eigenvalue weighted by molar-refractivity contribution is 0.196. The first kappa shape index (κ1) is 13.9. The molecule has 102 valence electrons. The fraction of sp³-hybridized carbons (Fsp3) is 0.571. The number of aliphatic hydroxyl groups is 1. The van der Waals surface area contributed by atoms with Crippen molar-refractivity contribution in [3.8, 4) is 6.07 Å². The van der Waals surface area contributed by atoms with Crippen LogP contribution in [0, 0.1) is 11.3 Å². The third kappa shape index (κ3) is 4.28. The van der Waals surface area contributed by atoms with E-state index in [1.807, 2.05) is 12.1 Å². The highest BCUT2D eigenvalue weighted by molar-refractivity contribution is 5.25. The topological polar surface area (TPSA) is 63.4 Å². The van der Waals surface area contributed by atoms with Crippen LogP contribution in [0.5, 0.6) is 0 Å². The van der Waals surface area contributed by atoms with Crippen LogP contribution in [0.1, 0.15) is 17.7 Å². The molecule has 1 aliphatic heterocycles. The average molecular weight is 260 g/mol. The zero-order chi connectivity index (χ0) is 13.5. The van der Waals surface area contributed by atoms with Crippen LogP contribution < -0.4 is 0 Å². The minimum Gasteiger partial charge on any atom is -0.395 e. The molecule has 1 aromatic heterocycles. The molecule has 0 unspecified atom stereocenters. The van der Waals surface area contributed by atoms with Crippen molar-refractivity contribution in [2.45, 2.75) is 13.0 Å². The third-order valence-electron chi connectivity index (χ3n) is 3.44. The molecule has 5 nitrogen and oxygen atoms in total. The summed E-state index contributed by atoms with van der Waals surface area (Å²) in [4.78, 5) is 8.69. The summed E-state index contributed by atoms with van der Waals surface area (Å²) in [5, 5.41) is 17.8. The number of β-amino-alcohol motifs (C(OH)–C–C–N with tert-alkyl or cyclic N) is 1. The van der Waals surface area contributed by atoms with Gasteiger partial charge in [0.2, 0.25) is 0 Å². The van der Waals surface area contributed by atoms with Gasteiger partial charge in [0.05, 0.1) is 6.61 Å². The van der Waals surface area contributed by atoms with Crippen LogP contribution in [-0.4, -0.2) is 59.2 Å². The van der Waals surface area contributed by atoms with Crippen molar-refractivity contribution in [1.29, 1.82) is 5.26 Å². The van der Waals surface area contributed by atoms with Gasteiger partial charge in [0, 0.05) is 32.4 Å². The highest BCUT2D eigenvalue weighted by atomic mass is 16.3. The van der Waals surface area contributed by atoms with Crippen LogP contribution in [0.4, 0.5) is 0 Å². The summed E-state index contributed by atoms with van der Waals surface area (Å²) in [6, 6.07) is 5.90. The second-order valence-corrected chi connectivity index (χ2v) is 4.86. The van der Waals surface area contributed by atoms with E-state index in [0.717, 1.165) is 51.3 Å². The predicted molar refractivity (Wildman–Crippen MR) is 72.4 cm³/mol. The second-order valence-electron chi connectivity index (χ2n) is 4.86. The third-order valence-corrected chi connectivity index (χ3v) is 3.44. The Bertz CT molecular complexity index is 443. The van der Waals surface area contributed by atoms with E-state index in [-0.39, 0.29) is 6.61 Å². The quantitative estimate of drug-likeness (QED) is 0.852. The van der Waals surface area contributed by atoms with Crippen LogP contribution in [0.25, 0.3) is 0 Å². The van der Waals surface area contributed by atoms with E-state index in [4.69, 9.17) is 10.4 Å². The standard InChI is InChI=1S/C14H20N4O/c15-11-14-10-13(2-3-16-14)12-18-5-1-4-17(6-7-18)8-9-19/h2-3,10,19H,1,4-9,12H2. The first-order chi connectivity index (χ1) is 9.31. The minimum atomic E-state index is 0.232. The van der Waals surface area contributed by atoms with E-state index >= 15 is 0 Å². The highest BCUT2D eigenvalue weighted by Gasteiger charge is 2.14. The Labute approximate surface area is 114 Å². The number of aromatic nitrogens is 1. The smallest absolute Gasteiger partial charge is 0.140 e. The fourth-order valence-electron chi connectivity index (χ4n) is 2.44. The van der Waals surface area contributed by atoms with E-state index in [0.29, 0.717) is 5.69 Å². The van der Waals surface area contributed by atoms with Crippen molar-refractivity contribution in [2.24, 2.45) is 0 Å². The molecule has 5 heteroatoms. The molecule has 19 heavy (non-hydrogen) atoms. The summed E-state index contributed by atoms with van der Waals surface area (Å²) in [5.41, 5.74) is 1.62. The monoisotopic (exact) mass is 260 g/mol. The number of hydrogen-bond donors (Lipinski definition) is 1. The molecule has 1 fully saturated rings. The molecule has 1 N–H and O–H groups in total. The molecular weight excluding hydrogens is 240 g/mol. The zero-order valence-electron chi connectivity index (χ0n) is 11.1. The largest absolute Gasteiger partial charge is 0.395 e. The summed E-state index contributed by atoms with van der Waals surface area (Å²) < 4.78 is 0. The van der Waals surface area contributed by atoms with Gasteiger partial charge in [0.15, 0.2) is 0 Å². The lowest BCUT2D eigenvalue weighted by Gasteiger charge is -2.21. The van der Waals surface area contributed by atoms with Crippen LogP contribution >= 0.6 is 0 Å². The number of hydrogen-bond acceptors (Lipinski definition) is 5. The van der Waals surface area contributed by atoms with E-state index < -0.39 is 0 Å². The van der Waals surface area contributed by atoms with E-state index in [2.05, 4.69) is 20.9 Å². The molecule has 0 aromatic carbocycles. The van der Waals surface area contributed by atoms with Crippen LogP contribution in [0.2, 0.25) is 0 Å². The molecule has 0 amide bonds. The summed E-state index contributed by atoms with van der Waals surface area (Å²) in [6.45, 7) is 5.98. The van der Waals surface area contributed by atoms with Crippen molar-refractivity contribution >= 4 is 0 Å². The van der Waals surface area contributed by atoms with Gasteiger partial charge in [0.25, 0.3) is 0 Å². The molecule has 2 rings (SSSR count). The number of nitrogens with zero attached hydrogens (tertiary/aromatic N) is 4. The van der Waals surface area contributed by atoms with Crippen molar-refractivity contribution in [1.82, 2.24) is 14.8 Å². The Morgan fingerprint density at radius 1 is 1.26 bits per heavy atom. The Hall–Kier alpha value is -1.48. The molecule has 0 spiro atoms. The van der Waals surface area contributed by atoms with Crippen LogP contribution in [0.15, 0.2) is 18.3 Å². The van der Waals surface area contributed by atoms with E-state index in [9.17, 15) is 0 Å². The van der Waals surface area contributed by atoms with Gasteiger partial charge in [-0.1, -0.05) is 0 Å². The summed E-state index contributed by atoms with van der Waals surface area (Å²) >= 11 is 0. The van der Waals surface area contributed by atoms with Crippen molar-refractivity contribution in [3.05, 3.63) is 29.6 Å². The summed E-state index contributed by atoms with van der Waals surface area (Å²) in [6.07, 6.45) is 2.82. The Balaban J connectivity index is 1.90. The Kier molecular flexibility index (Phi) is 5.28. The number of rotatable bonds is 4. The Morgan fingerprint density at radius 2 is 2.05 bits per heavy atom. The normalized spacial score (nSPS) is 17.9. The molecule has 0 saturated carbocycles. The van der Waals surface area contributed by atoms with Gasteiger partial charge in [-0.05, 0) is 37.2 Å². The molecule has 0 bridgehead atoms. The lowest BCUT2D eigenvalue weighted by atomic mass is 10.2. The first-order valence-corrected chi connectivity index (χ1v) is 6.72. The van der Waals surface area contributed by atoms with Crippen molar-refractivity contribution in [3.63, 3.8) is 0 Å². The number of pyridine rings is 1. The molecule has 1 saturated heterocycles. The maximum absolute atomic E-state index is 8.98. The van der Waals surface area contributed by atoms with Gasteiger partial charge >= 0.3 is 0 Å². The van der Waals surface area contributed by atoms with Gasteiger partial charge in [-0.15, -0.1) is 0 Å². The van der Waals surface area contributed by atoms with Gasteiger partial charge in [-0.25, -0.2) is 4.98 Å². The minimum absolute atomic E-state index is 0.232. The average Bonchev–Trinajstić information content (AvgIpc) is 2.65. The molecule has 0 aliphatic carbocycles. The van der Waals surface area contributed by atoms with Crippen molar-refractivity contribution < 1.29 is 5.11 Å². The first-order valence-electron chi connectivity index (χ1n) is 6.72. The molecule has 0 atom stereocenters. The predicted octanol–water partition coefficient (Wildman–Crippen LogP) is 0.453. The van der Waals surface area contributed by atoms with Gasteiger partial charge < -0.3 is 5.11 Å². The SMILES string of the molecule is N#Cc1cc(CN2CCCN(CCO)CC2)ccn1. The molecule has 2 heterocycles. The van der Waals surface area contributed by atoms with Crippen LogP contribution in [-0.2, 0) is 6.54 Å². The fourth-order valence-corrected chi connectivity index (χ4v) is 2.44. The van der Waals surface area contributed by atoms with Gasteiger partial charge in [-0.3, -0.25) is 9.80 Å². The second kappa shape index (κ2) is 7.19. The molecular formula is C14H20N4O. The van der Waals surface area contributed by atoms with Crippen LogP contribution in [0.3, 0.4) is 0 Å². The Morgan fingerprint density at radius 3 is 2.84 bits per heavy atom. The highest BCUT2D eigenvalue weighted by Crippen LogP contribution is 2.09. The maximum Gasteiger partial charge on any atom is 0.140 e. The lowest BCUT2D eigenvalue weighted by Crippen LogP contribution is -2.32. The van der Waals surface area contributed by atoms with Gasteiger partial charge in [0.1, 0.15) is 11.8 Å². The molecule has 1 aliphatic rings. The molecule has 1 aromatic rings. The molecule has 0 radical (unpaired) electrons. The van der Waals surface area contributed by atoms with Gasteiger partial charge in [-0.2, -0.15) is 5.26 Å². The summed E-state index contributed by atoms with van der Waals surface area (Å²) in [7, 11) is 0. The summed E-state index contributed by atoms with van der Waals surface area (Å²) in [5.74, 6) is 0. The van der Waals surface area contributed by atoms with Crippen molar-refractivity contribution in [2.75, 3.05) is 39.3 Å². The van der Waals surface area contributed by atoms with E-state index in [1.54, 1.807) is 6.20 Å². The number of nitriles is 1. The van der Waals surface area contributed by atoms with E-state index in [1.165, 1.54) is 0 Å². The number of aliphatic hydroxyl groups excluding tert-OH is 1. The zero-order valence-corrected chi connectivity index (χ0v) is 11.1.